The molecule has 0 unspecified atom stereocenters. The Morgan fingerprint density at radius 1 is 0.850 bits per heavy atom. The molecule has 0 spiro atoms. The quantitative estimate of drug-likeness (QED) is 0.587. The first kappa shape index (κ1) is 14.0. The Morgan fingerprint density at radius 3 is 2.05 bits per heavy atom. The van der Waals surface area contributed by atoms with Gasteiger partial charge in [-0.1, -0.05) is 0 Å². The second kappa shape index (κ2) is 5.27. The molecule has 0 fully saturated rings. The van der Waals surface area contributed by atoms with E-state index in [-0.39, 0.29) is 16.3 Å². The number of primary sulfonamides is 1. The molecule has 0 atom stereocenters. The second-order valence-corrected chi connectivity index (χ2v) is 5.59. The van der Waals surface area contributed by atoms with Gasteiger partial charge in [-0.05, 0) is 42.5 Å². The summed E-state index contributed by atoms with van der Waals surface area (Å²) in [5.74, 6) is 0. The summed E-state index contributed by atoms with van der Waals surface area (Å²) >= 11 is 0. The van der Waals surface area contributed by atoms with Crippen molar-refractivity contribution in [1.29, 1.82) is 0 Å². The SMILES string of the molecule is Nc1ccc(N=Nc2ccc(N)cc2S(N)(=O)=O)cc1. The summed E-state index contributed by atoms with van der Waals surface area (Å²) in [5.41, 5.74) is 12.6. The van der Waals surface area contributed by atoms with E-state index in [1.54, 1.807) is 24.3 Å². The average molecular weight is 291 g/mol. The van der Waals surface area contributed by atoms with Crippen LogP contribution in [0.1, 0.15) is 0 Å². The Bertz CT molecular complexity index is 754. The monoisotopic (exact) mass is 291 g/mol. The minimum absolute atomic E-state index is 0.124. The van der Waals surface area contributed by atoms with Crippen LogP contribution in [-0.4, -0.2) is 8.42 Å². The summed E-state index contributed by atoms with van der Waals surface area (Å²) in [6.45, 7) is 0. The Hall–Kier alpha value is -2.45. The molecule has 0 amide bonds. The van der Waals surface area contributed by atoms with Crippen LogP contribution in [0.5, 0.6) is 0 Å². The summed E-state index contributed by atoms with van der Waals surface area (Å²) < 4.78 is 22.9. The fourth-order valence-electron chi connectivity index (χ4n) is 1.49. The minimum atomic E-state index is -3.92. The molecule has 2 aromatic carbocycles. The summed E-state index contributed by atoms with van der Waals surface area (Å²) in [5, 5.41) is 12.9. The van der Waals surface area contributed by atoms with Crippen LogP contribution >= 0.6 is 0 Å². The molecule has 104 valence electrons. The zero-order valence-corrected chi connectivity index (χ0v) is 11.2. The molecule has 2 rings (SSSR count). The lowest BCUT2D eigenvalue weighted by atomic mass is 10.3. The third kappa shape index (κ3) is 3.31. The fourth-order valence-corrected chi connectivity index (χ4v) is 2.19. The lowest BCUT2D eigenvalue weighted by molar-refractivity contribution is 0.598. The van der Waals surface area contributed by atoms with Gasteiger partial charge in [0.15, 0.2) is 0 Å². The van der Waals surface area contributed by atoms with E-state index >= 15 is 0 Å². The Balaban J connectivity index is 2.41. The highest BCUT2D eigenvalue weighted by Crippen LogP contribution is 2.27. The number of hydrogen-bond acceptors (Lipinski definition) is 6. The number of anilines is 2. The molecular weight excluding hydrogens is 278 g/mol. The summed E-state index contributed by atoms with van der Waals surface area (Å²) in [6, 6.07) is 10.9. The lowest BCUT2D eigenvalue weighted by Gasteiger charge is -2.03. The molecule has 0 heterocycles. The van der Waals surface area contributed by atoms with E-state index in [2.05, 4.69) is 10.2 Å². The highest BCUT2D eigenvalue weighted by molar-refractivity contribution is 7.89. The maximum Gasteiger partial charge on any atom is 0.240 e. The number of benzene rings is 2. The molecule has 7 nitrogen and oxygen atoms in total. The molecule has 0 aromatic heterocycles. The van der Waals surface area contributed by atoms with Crippen molar-refractivity contribution in [3.63, 3.8) is 0 Å². The van der Waals surface area contributed by atoms with Crippen molar-refractivity contribution in [3.05, 3.63) is 42.5 Å². The predicted molar refractivity (Wildman–Crippen MR) is 77.3 cm³/mol. The molecular formula is C12H13N5O2S. The van der Waals surface area contributed by atoms with Crippen molar-refractivity contribution in [3.8, 4) is 0 Å². The van der Waals surface area contributed by atoms with Crippen molar-refractivity contribution in [2.75, 3.05) is 11.5 Å². The van der Waals surface area contributed by atoms with E-state index in [9.17, 15) is 8.42 Å². The first-order chi connectivity index (χ1) is 9.36. The summed E-state index contributed by atoms with van der Waals surface area (Å²) in [7, 11) is -3.92. The lowest BCUT2D eigenvalue weighted by Crippen LogP contribution is -2.12. The van der Waals surface area contributed by atoms with Gasteiger partial charge in [0.05, 0.1) is 5.69 Å². The van der Waals surface area contributed by atoms with Crippen LogP contribution in [0, 0.1) is 0 Å². The normalized spacial score (nSPS) is 11.8. The molecule has 0 aliphatic carbocycles. The Morgan fingerprint density at radius 2 is 1.45 bits per heavy atom. The molecule has 2 aromatic rings. The van der Waals surface area contributed by atoms with Gasteiger partial charge in [-0.2, -0.15) is 5.11 Å². The van der Waals surface area contributed by atoms with Crippen LogP contribution in [0.2, 0.25) is 0 Å². The Kier molecular flexibility index (Phi) is 3.68. The Labute approximate surface area is 116 Å². The number of nitrogen functional groups attached to an aromatic ring is 2. The summed E-state index contributed by atoms with van der Waals surface area (Å²) in [4.78, 5) is -0.170. The first-order valence-electron chi connectivity index (χ1n) is 5.56. The zero-order chi connectivity index (χ0) is 14.8. The third-order valence-corrected chi connectivity index (χ3v) is 3.40. The van der Waals surface area contributed by atoms with Crippen molar-refractivity contribution in [1.82, 2.24) is 0 Å². The highest BCUT2D eigenvalue weighted by atomic mass is 32.2. The number of nitrogens with zero attached hydrogens (tertiary/aromatic N) is 2. The first-order valence-corrected chi connectivity index (χ1v) is 7.10. The largest absolute Gasteiger partial charge is 0.399 e. The van der Waals surface area contributed by atoms with E-state index in [1.165, 1.54) is 18.2 Å². The smallest absolute Gasteiger partial charge is 0.240 e. The van der Waals surface area contributed by atoms with Gasteiger partial charge < -0.3 is 11.5 Å². The standard InChI is InChI=1S/C12H13N5O2S/c13-8-1-4-10(5-2-8)16-17-11-6-3-9(14)7-12(11)20(15,18)19/h1-7H,13-14H2,(H2,15,18,19). The fraction of sp³-hybridized carbons (Fsp3) is 0. The van der Waals surface area contributed by atoms with Crippen LogP contribution < -0.4 is 16.6 Å². The van der Waals surface area contributed by atoms with Gasteiger partial charge in [-0.3, -0.25) is 0 Å². The molecule has 0 saturated carbocycles. The van der Waals surface area contributed by atoms with Crippen molar-refractivity contribution >= 4 is 32.8 Å². The number of nitrogens with two attached hydrogens (primary N) is 3. The van der Waals surface area contributed by atoms with Crippen molar-refractivity contribution < 1.29 is 8.42 Å². The number of azo groups is 1. The summed E-state index contributed by atoms with van der Waals surface area (Å²) in [6.07, 6.45) is 0. The molecule has 6 N–H and O–H groups in total. The van der Waals surface area contributed by atoms with Crippen LogP contribution in [0.25, 0.3) is 0 Å². The van der Waals surface area contributed by atoms with Gasteiger partial charge >= 0.3 is 0 Å². The van der Waals surface area contributed by atoms with Crippen LogP contribution in [0.4, 0.5) is 22.7 Å². The zero-order valence-electron chi connectivity index (χ0n) is 10.4. The maximum absolute atomic E-state index is 11.5. The van der Waals surface area contributed by atoms with Gasteiger partial charge in [-0.25, -0.2) is 13.6 Å². The molecule has 20 heavy (non-hydrogen) atoms. The predicted octanol–water partition coefficient (Wildman–Crippen LogP) is 1.91. The van der Waals surface area contributed by atoms with Crippen molar-refractivity contribution in [2.24, 2.45) is 15.4 Å². The van der Waals surface area contributed by atoms with Gasteiger partial charge in [0, 0.05) is 11.4 Å². The molecule has 0 aliphatic rings. The highest BCUT2D eigenvalue weighted by Gasteiger charge is 2.14. The van der Waals surface area contributed by atoms with Gasteiger partial charge in [-0.15, -0.1) is 5.11 Å². The topological polar surface area (TPSA) is 137 Å². The van der Waals surface area contributed by atoms with Gasteiger partial charge in [0.25, 0.3) is 0 Å². The number of rotatable bonds is 3. The average Bonchev–Trinajstić information content (AvgIpc) is 2.38. The van der Waals surface area contributed by atoms with E-state index in [1.807, 2.05) is 0 Å². The van der Waals surface area contributed by atoms with E-state index in [4.69, 9.17) is 16.6 Å². The van der Waals surface area contributed by atoms with Crippen LogP contribution in [0.3, 0.4) is 0 Å². The van der Waals surface area contributed by atoms with Crippen LogP contribution in [-0.2, 0) is 10.0 Å². The van der Waals surface area contributed by atoms with Gasteiger partial charge in [0.1, 0.15) is 10.6 Å². The van der Waals surface area contributed by atoms with E-state index in [0.29, 0.717) is 11.4 Å². The number of sulfonamides is 1. The van der Waals surface area contributed by atoms with Crippen molar-refractivity contribution in [2.45, 2.75) is 4.90 Å². The third-order valence-electron chi connectivity index (χ3n) is 2.46. The number of hydrogen-bond donors (Lipinski definition) is 3. The minimum Gasteiger partial charge on any atom is -0.399 e. The molecule has 0 radical (unpaired) electrons. The van der Waals surface area contributed by atoms with Crippen LogP contribution in [0.15, 0.2) is 57.6 Å². The molecule has 0 aliphatic heterocycles. The molecule has 0 bridgehead atoms. The molecule has 8 heteroatoms. The van der Waals surface area contributed by atoms with E-state index in [0.717, 1.165) is 0 Å². The maximum atomic E-state index is 11.5. The molecule has 0 saturated heterocycles. The van der Waals surface area contributed by atoms with Gasteiger partial charge in [0.2, 0.25) is 10.0 Å². The second-order valence-electron chi connectivity index (χ2n) is 4.06. The van der Waals surface area contributed by atoms with E-state index < -0.39 is 10.0 Å².